The highest BCUT2D eigenvalue weighted by molar-refractivity contribution is 7.16. The van der Waals surface area contributed by atoms with Gasteiger partial charge in [-0.3, -0.25) is 4.79 Å². The Bertz CT molecular complexity index is 1170. The molecular weight excluding hydrogens is 336 g/mol. The molecule has 4 heterocycles. The fourth-order valence-electron chi connectivity index (χ4n) is 3.42. The Morgan fingerprint density at radius 1 is 1.16 bits per heavy atom. The monoisotopic (exact) mass is 352 g/mol. The number of hydrogen-bond acceptors (Lipinski definition) is 6. The van der Waals surface area contributed by atoms with E-state index in [0.29, 0.717) is 24.2 Å². The Morgan fingerprint density at radius 2 is 1.92 bits per heavy atom. The van der Waals surface area contributed by atoms with Crippen LogP contribution in [0.5, 0.6) is 0 Å². The summed E-state index contributed by atoms with van der Waals surface area (Å²) < 4.78 is 6.93. The minimum Gasteiger partial charge on any atom is -0.378 e. The average Bonchev–Trinajstić information content (AvgIpc) is 3.03. The lowest BCUT2D eigenvalue weighted by molar-refractivity contribution is 0.122. The van der Waals surface area contributed by atoms with Gasteiger partial charge in [-0.2, -0.15) is 4.52 Å². The minimum absolute atomic E-state index is 0.0981. The van der Waals surface area contributed by atoms with Gasteiger partial charge in [0.2, 0.25) is 0 Å². The third-order valence-corrected chi connectivity index (χ3v) is 5.67. The van der Waals surface area contributed by atoms with Crippen LogP contribution in [0.15, 0.2) is 34.4 Å². The van der Waals surface area contributed by atoms with E-state index in [9.17, 15) is 4.79 Å². The van der Waals surface area contributed by atoms with Crippen molar-refractivity contribution in [1.82, 2.24) is 14.6 Å². The molecule has 1 aliphatic heterocycles. The molecule has 0 aliphatic carbocycles. The molecule has 0 radical (unpaired) electrons. The molecule has 0 N–H and O–H groups in total. The number of benzene rings is 1. The molecule has 0 unspecified atom stereocenters. The van der Waals surface area contributed by atoms with E-state index in [2.05, 4.69) is 4.90 Å². The first-order valence-corrected chi connectivity index (χ1v) is 9.14. The molecule has 0 saturated carbocycles. The van der Waals surface area contributed by atoms with E-state index < -0.39 is 0 Å². The highest BCUT2D eigenvalue weighted by Crippen LogP contribution is 2.29. The van der Waals surface area contributed by atoms with Crippen molar-refractivity contribution in [3.63, 3.8) is 0 Å². The summed E-state index contributed by atoms with van der Waals surface area (Å²) in [4.78, 5) is 20.8. The molecule has 0 spiro atoms. The Hall–Kier alpha value is -2.51. The van der Waals surface area contributed by atoms with Crippen LogP contribution in [0, 0.1) is 6.92 Å². The van der Waals surface area contributed by atoms with E-state index >= 15 is 0 Å². The first-order valence-electron chi connectivity index (χ1n) is 8.26. The van der Waals surface area contributed by atoms with E-state index in [1.54, 1.807) is 0 Å². The Kier molecular flexibility index (Phi) is 3.26. The summed E-state index contributed by atoms with van der Waals surface area (Å²) in [6.07, 6.45) is 0. The molecule has 25 heavy (non-hydrogen) atoms. The number of nitrogens with zero attached hydrogens (tertiary/aromatic N) is 4. The molecule has 4 aromatic rings. The van der Waals surface area contributed by atoms with Crippen LogP contribution in [-0.2, 0) is 4.74 Å². The van der Waals surface area contributed by atoms with E-state index in [1.165, 1.54) is 15.9 Å². The summed E-state index contributed by atoms with van der Waals surface area (Å²) in [5.41, 5.74) is 1.47. The molecule has 0 amide bonds. The zero-order chi connectivity index (χ0) is 17.0. The summed E-state index contributed by atoms with van der Waals surface area (Å²) in [6.45, 7) is 4.82. The van der Waals surface area contributed by atoms with Crippen molar-refractivity contribution in [1.29, 1.82) is 0 Å². The van der Waals surface area contributed by atoms with Crippen LogP contribution in [0.4, 0.5) is 5.82 Å². The maximum absolute atomic E-state index is 13.1. The summed E-state index contributed by atoms with van der Waals surface area (Å²) in [7, 11) is 0. The molecule has 0 atom stereocenters. The smallest absolute Gasteiger partial charge is 0.283 e. The second-order valence-electron chi connectivity index (χ2n) is 6.22. The van der Waals surface area contributed by atoms with Crippen LogP contribution < -0.4 is 10.5 Å². The van der Waals surface area contributed by atoms with Crippen molar-refractivity contribution in [3.8, 4) is 0 Å². The average molecular weight is 352 g/mol. The number of fused-ring (bicyclic) bond motifs is 4. The molecule has 126 valence electrons. The van der Waals surface area contributed by atoms with E-state index in [0.717, 1.165) is 40.1 Å². The summed E-state index contributed by atoms with van der Waals surface area (Å²) in [5.74, 6) is 0.822. The second-order valence-corrected chi connectivity index (χ2v) is 7.08. The number of anilines is 1. The number of ether oxygens (including phenoxy) is 1. The summed E-state index contributed by atoms with van der Waals surface area (Å²) in [6, 6.07) is 8.02. The van der Waals surface area contributed by atoms with Gasteiger partial charge in [-0.1, -0.05) is 24.3 Å². The molecule has 5 rings (SSSR count). The van der Waals surface area contributed by atoms with Crippen LogP contribution in [0.1, 0.15) is 5.56 Å². The third-order valence-electron chi connectivity index (χ3n) is 4.68. The lowest BCUT2D eigenvalue weighted by Gasteiger charge is -2.28. The summed E-state index contributed by atoms with van der Waals surface area (Å²) >= 11 is 1.50. The molecule has 1 saturated heterocycles. The van der Waals surface area contributed by atoms with Gasteiger partial charge in [-0.15, -0.1) is 16.4 Å². The van der Waals surface area contributed by atoms with Crippen LogP contribution in [-0.4, -0.2) is 40.9 Å². The van der Waals surface area contributed by atoms with Gasteiger partial charge in [0.1, 0.15) is 4.83 Å². The fraction of sp³-hybridized carbons (Fsp3) is 0.278. The molecule has 7 heteroatoms. The van der Waals surface area contributed by atoms with Gasteiger partial charge in [-0.25, -0.2) is 4.98 Å². The van der Waals surface area contributed by atoms with Crippen molar-refractivity contribution in [2.24, 2.45) is 0 Å². The number of aromatic nitrogens is 3. The topological polar surface area (TPSA) is 59.7 Å². The molecule has 3 aromatic heterocycles. The van der Waals surface area contributed by atoms with Crippen molar-refractivity contribution < 1.29 is 4.74 Å². The molecule has 1 aliphatic rings. The predicted molar refractivity (Wildman–Crippen MR) is 99.9 cm³/mol. The van der Waals surface area contributed by atoms with Crippen molar-refractivity contribution >= 4 is 43.8 Å². The van der Waals surface area contributed by atoms with Crippen LogP contribution >= 0.6 is 11.3 Å². The fourth-order valence-corrected chi connectivity index (χ4v) is 4.33. The zero-order valence-electron chi connectivity index (χ0n) is 13.7. The third kappa shape index (κ3) is 2.16. The maximum atomic E-state index is 13.1. The van der Waals surface area contributed by atoms with Crippen LogP contribution in [0.25, 0.3) is 26.6 Å². The maximum Gasteiger partial charge on any atom is 0.283 e. The first kappa shape index (κ1) is 14.8. The molecule has 1 fully saturated rings. The Balaban J connectivity index is 1.93. The van der Waals surface area contributed by atoms with Gasteiger partial charge in [-0.05, 0) is 17.9 Å². The lowest BCUT2D eigenvalue weighted by Crippen LogP contribution is -2.37. The highest BCUT2D eigenvalue weighted by Gasteiger charge is 2.20. The molecule has 6 nitrogen and oxygen atoms in total. The quantitative estimate of drug-likeness (QED) is 0.493. The lowest BCUT2D eigenvalue weighted by atomic mass is 10.1. The second kappa shape index (κ2) is 5.50. The normalized spacial score (nSPS) is 15.5. The minimum atomic E-state index is -0.0981. The van der Waals surface area contributed by atoms with E-state index in [1.807, 2.05) is 36.6 Å². The predicted octanol–water partition coefficient (Wildman–Crippen LogP) is 2.60. The van der Waals surface area contributed by atoms with Crippen molar-refractivity contribution in [3.05, 3.63) is 45.6 Å². The first-order chi connectivity index (χ1) is 12.2. The van der Waals surface area contributed by atoms with Crippen LogP contribution in [0.3, 0.4) is 0 Å². The van der Waals surface area contributed by atoms with Crippen molar-refractivity contribution in [2.45, 2.75) is 6.92 Å². The van der Waals surface area contributed by atoms with Gasteiger partial charge in [0.15, 0.2) is 11.5 Å². The van der Waals surface area contributed by atoms with Gasteiger partial charge < -0.3 is 9.64 Å². The van der Waals surface area contributed by atoms with Gasteiger partial charge >= 0.3 is 0 Å². The highest BCUT2D eigenvalue weighted by atomic mass is 32.1. The standard InChI is InChI=1S/C18H16N4O2S/c1-11-10-25-17-14(11)18(23)22-15(19-17)12-4-2-3-5-13(12)16(20-22)21-6-8-24-9-7-21/h2-5,10H,6-9H2,1H3. The van der Waals surface area contributed by atoms with Crippen molar-refractivity contribution in [2.75, 3.05) is 31.2 Å². The van der Waals surface area contributed by atoms with Gasteiger partial charge in [0.05, 0.1) is 18.6 Å². The van der Waals surface area contributed by atoms with E-state index in [-0.39, 0.29) is 5.56 Å². The molecule has 1 aromatic carbocycles. The number of morpholine rings is 1. The summed E-state index contributed by atoms with van der Waals surface area (Å²) in [5, 5.41) is 9.32. The number of aryl methyl sites for hydroxylation is 1. The zero-order valence-corrected chi connectivity index (χ0v) is 14.5. The number of hydrogen-bond donors (Lipinski definition) is 0. The number of rotatable bonds is 1. The molecular formula is C18H16N4O2S. The Labute approximate surface area is 147 Å². The van der Waals surface area contributed by atoms with E-state index in [4.69, 9.17) is 14.8 Å². The van der Waals surface area contributed by atoms with Crippen LogP contribution in [0.2, 0.25) is 0 Å². The molecule has 0 bridgehead atoms. The van der Waals surface area contributed by atoms with Gasteiger partial charge in [0, 0.05) is 23.9 Å². The SMILES string of the molecule is Cc1csc2nc3c4ccccc4c(N4CCOCC4)nn3c(=O)c12. The largest absolute Gasteiger partial charge is 0.378 e. The van der Waals surface area contributed by atoms with Gasteiger partial charge in [0.25, 0.3) is 5.56 Å². The Morgan fingerprint density at radius 3 is 2.72 bits per heavy atom. The number of thiophene rings is 1.